The molecule has 2 N–H and O–H groups in total. The Labute approximate surface area is 152 Å². The largest absolute Gasteiger partial charge is 0.352 e. The van der Waals surface area contributed by atoms with Crippen molar-refractivity contribution in [2.24, 2.45) is 4.99 Å². The van der Waals surface area contributed by atoms with Crippen LogP contribution in [-0.2, 0) is 6.54 Å². The summed E-state index contributed by atoms with van der Waals surface area (Å²) in [5.41, 5.74) is 1.73. The van der Waals surface area contributed by atoms with E-state index in [1.54, 1.807) is 24.5 Å². The van der Waals surface area contributed by atoms with E-state index in [0.29, 0.717) is 12.1 Å². The van der Waals surface area contributed by atoms with Gasteiger partial charge in [0.1, 0.15) is 0 Å². The third-order valence-corrected chi connectivity index (χ3v) is 4.12. The van der Waals surface area contributed by atoms with Crippen molar-refractivity contribution in [2.45, 2.75) is 19.5 Å². The number of halogens is 1. The number of guanidine groups is 1. The van der Waals surface area contributed by atoms with E-state index in [0.717, 1.165) is 11.5 Å². The highest BCUT2D eigenvalue weighted by molar-refractivity contribution is 14.0. The first-order valence-corrected chi connectivity index (χ1v) is 7.60. The highest BCUT2D eigenvalue weighted by Crippen LogP contribution is 2.17. The summed E-state index contributed by atoms with van der Waals surface area (Å²) < 4.78 is 0. The van der Waals surface area contributed by atoms with Gasteiger partial charge >= 0.3 is 0 Å². The Kier molecular flexibility index (Phi) is 7.91. The van der Waals surface area contributed by atoms with Crippen LogP contribution in [0.5, 0.6) is 0 Å². The molecule has 0 spiro atoms. The lowest BCUT2D eigenvalue weighted by Gasteiger charge is -2.17. The van der Waals surface area contributed by atoms with E-state index < -0.39 is 0 Å². The zero-order chi connectivity index (χ0) is 15.1. The molecule has 1 aromatic heterocycles. The highest BCUT2D eigenvalue weighted by atomic mass is 127. The van der Waals surface area contributed by atoms with Gasteiger partial charge in [-0.25, -0.2) is 0 Å². The molecule has 2 aromatic rings. The maximum atomic E-state index is 8.90. The molecule has 6 heteroatoms. The van der Waals surface area contributed by atoms with Crippen LogP contribution in [0.2, 0.25) is 0 Å². The van der Waals surface area contributed by atoms with Crippen molar-refractivity contribution in [2.75, 3.05) is 7.05 Å². The minimum absolute atomic E-state index is 0. The van der Waals surface area contributed by atoms with E-state index in [2.05, 4.69) is 40.1 Å². The van der Waals surface area contributed by atoms with Crippen LogP contribution in [-0.4, -0.2) is 13.0 Å². The summed E-state index contributed by atoms with van der Waals surface area (Å²) in [5.74, 6) is 0.748. The van der Waals surface area contributed by atoms with Crippen molar-refractivity contribution in [3.8, 4) is 6.07 Å². The first-order valence-electron chi connectivity index (χ1n) is 6.72. The van der Waals surface area contributed by atoms with Crippen molar-refractivity contribution in [3.05, 3.63) is 57.8 Å². The predicted octanol–water partition coefficient (Wildman–Crippen LogP) is 3.66. The Hall–Kier alpha value is -1.59. The number of rotatable bonds is 4. The van der Waals surface area contributed by atoms with Gasteiger partial charge in [-0.3, -0.25) is 4.99 Å². The zero-order valence-electron chi connectivity index (χ0n) is 12.5. The monoisotopic (exact) mass is 426 g/mol. The quantitative estimate of drug-likeness (QED) is 0.446. The fourth-order valence-electron chi connectivity index (χ4n) is 1.95. The number of hydrogen-bond donors (Lipinski definition) is 2. The SMILES string of the molecule is CN=C(NCc1cccc(C#N)c1)NC(C)c1cccs1.I. The van der Waals surface area contributed by atoms with E-state index >= 15 is 0 Å². The molecule has 4 nitrogen and oxygen atoms in total. The fraction of sp³-hybridized carbons (Fsp3) is 0.250. The van der Waals surface area contributed by atoms with Crippen LogP contribution in [0.25, 0.3) is 0 Å². The first-order chi connectivity index (χ1) is 10.2. The average molecular weight is 426 g/mol. The van der Waals surface area contributed by atoms with Gasteiger partial charge in [-0.05, 0) is 36.1 Å². The molecule has 0 bridgehead atoms. The van der Waals surface area contributed by atoms with Gasteiger partial charge in [0, 0.05) is 18.5 Å². The Morgan fingerprint density at radius 3 is 2.82 bits per heavy atom. The van der Waals surface area contributed by atoms with Crippen LogP contribution in [0.15, 0.2) is 46.8 Å². The van der Waals surface area contributed by atoms with Gasteiger partial charge in [0.25, 0.3) is 0 Å². The number of benzene rings is 1. The summed E-state index contributed by atoms with van der Waals surface area (Å²) in [5, 5.41) is 17.6. The lowest BCUT2D eigenvalue weighted by Crippen LogP contribution is -2.38. The van der Waals surface area contributed by atoms with Gasteiger partial charge in [-0.1, -0.05) is 18.2 Å². The van der Waals surface area contributed by atoms with Crippen LogP contribution in [0.4, 0.5) is 0 Å². The molecule has 0 saturated heterocycles. The second-order valence-corrected chi connectivity index (χ2v) is 5.60. The Morgan fingerprint density at radius 1 is 1.36 bits per heavy atom. The first kappa shape index (κ1) is 18.5. The van der Waals surface area contributed by atoms with Gasteiger partial charge in [0.2, 0.25) is 0 Å². The number of thiophene rings is 1. The van der Waals surface area contributed by atoms with Gasteiger partial charge < -0.3 is 10.6 Å². The summed E-state index contributed by atoms with van der Waals surface area (Å²) in [4.78, 5) is 5.50. The van der Waals surface area contributed by atoms with Crippen LogP contribution in [0.3, 0.4) is 0 Å². The van der Waals surface area contributed by atoms with Crippen LogP contribution in [0, 0.1) is 11.3 Å². The van der Waals surface area contributed by atoms with Gasteiger partial charge in [-0.15, -0.1) is 35.3 Å². The van der Waals surface area contributed by atoms with Gasteiger partial charge in [-0.2, -0.15) is 5.26 Å². The second kappa shape index (κ2) is 9.43. The lowest BCUT2D eigenvalue weighted by molar-refractivity contribution is 0.696. The minimum Gasteiger partial charge on any atom is -0.352 e. The topological polar surface area (TPSA) is 60.2 Å². The average Bonchev–Trinajstić information content (AvgIpc) is 3.06. The third-order valence-electron chi connectivity index (χ3n) is 3.06. The third kappa shape index (κ3) is 5.31. The summed E-state index contributed by atoms with van der Waals surface area (Å²) in [7, 11) is 1.75. The fourth-order valence-corrected chi connectivity index (χ4v) is 2.68. The Balaban J connectivity index is 0.00000242. The lowest BCUT2D eigenvalue weighted by atomic mass is 10.1. The summed E-state index contributed by atoms with van der Waals surface area (Å²) in [6, 6.07) is 14.1. The highest BCUT2D eigenvalue weighted by Gasteiger charge is 2.08. The Bertz CT molecular complexity index is 646. The van der Waals surface area contributed by atoms with Crippen LogP contribution < -0.4 is 10.6 Å². The molecule has 0 saturated carbocycles. The molecule has 0 fully saturated rings. The van der Waals surface area contributed by atoms with Gasteiger partial charge in [0.05, 0.1) is 17.7 Å². The van der Waals surface area contributed by atoms with E-state index in [9.17, 15) is 0 Å². The normalized spacial score (nSPS) is 12.0. The van der Waals surface area contributed by atoms with Crippen LogP contribution in [0.1, 0.15) is 29.0 Å². The van der Waals surface area contributed by atoms with Crippen molar-refractivity contribution in [1.29, 1.82) is 5.26 Å². The van der Waals surface area contributed by atoms with Gasteiger partial charge in [0.15, 0.2) is 5.96 Å². The maximum absolute atomic E-state index is 8.90. The smallest absolute Gasteiger partial charge is 0.191 e. The molecule has 1 aromatic carbocycles. The predicted molar refractivity (Wildman–Crippen MR) is 103 cm³/mol. The van der Waals surface area contributed by atoms with Crippen molar-refractivity contribution < 1.29 is 0 Å². The number of nitrogens with zero attached hydrogens (tertiary/aromatic N) is 2. The van der Waals surface area contributed by atoms with E-state index in [-0.39, 0.29) is 30.0 Å². The molecule has 116 valence electrons. The van der Waals surface area contributed by atoms with E-state index in [1.807, 2.05) is 24.3 Å². The summed E-state index contributed by atoms with van der Waals surface area (Å²) in [6.45, 7) is 2.74. The van der Waals surface area contributed by atoms with E-state index in [4.69, 9.17) is 5.26 Å². The molecule has 1 unspecified atom stereocenters. The molecular formula is C16H19IN4S. The van der Waals surface area contributed by atoms with Crippen molar-refractivity contribution in [3.63, 3.8) is 0 Å². The van der Waals surface area contributed by atoms with Crippen LogP contribution >= 0.6 is 35.3 Å². The molecule has 0 aliphatic heterocycles. The molecular weight excluding hydrogens is 407 g/mol. The number of aliphatic imine (C=N–C) groups is 1. The molecule has 0 aliphatic rings. The van der Waals surface area contributed by atoms with Crippen molar-refractivity contribution in [1.82, 2.24) is 10.6 Å². The number of nitrogens with one attached hydrogen (secondary N) is 2. The molecule has 0 radical (unpaired) electrons. The molecule has 1 heterocycles. The molecule has 2 rings (SSSR count). The maximum Gasteiger partial charge on any atom is 0.191 e. The zero-order valence-corrected chi connectivity index (χ0v) is 15.7. The molecule has 0 aliphatic carbocycles. The summed E-state index contributed by atoms with van der Waals surface area (Å²) in [6.07, 6.45) is 0. The molecule has 0 amide bonds. The number of nitriles is 1. The van der Waals surface area contributed by atoms with Crippen molar-refractivity contribution >= 4 is 41.3 Å². The van der Waals surface area contributed by atoms with E-state index in [1.165, 1.54) is 4.88 Å². The number of hydrogen-bond acceptors (Lipinski definition) is 3. The molecule has 1 atom stereocenters. The Morgan fingerprint density at radius 2 is 2.18 bits per heavy atom. The molecule has 22 heavy (non-hydrogen) atoms. The minimum atomic E-state index is 0. The summed E-state index contributed by atoms with van der Waals surface area (Å²) >= 11 is 1.72. The standard InChI is InChI=1S/C16H18N4S.HI/c1-12(15-7-4-8-21-15)20-16(18-2)19-11-14-6-3-5-13(9-14)10-17;/h3-9,12H,11H2,1-2H3,(H2,18,19,20);1H. The second-order valence-electron chi connectivity index (χ2n) is 4.62.